The van der Waals surface area contributed by atoms with Crippen LogP contribution in [-0.2, 0) is 22.2 Å². The standard InChI is InChI=1S/C31H35F4N5O4.C2HF3O2/c1-4-44-27-14-28(41)37-15-25(27)20-5-6-21(26(32)11-20)12-29(42)39-24-10-22(9-23(13-24)31(33,34)35)30(43)36-7-8-40-16-18(2)38-19(3)17-40;3-2(4,5)1(6)7/h5-6,9-11,13-15,18-19,38H,4,7-8,12,16-17H2,1-3H3,(H,36,43)(H,37,41)(H,39,42);(H,6,7)/t18-,19+;. The second-order valence-electron chi connectivity index (χ2n) is 11.6. The summed E-state index contributed by atoms with van der Waals surface area (Å²) in [5.74, 6) is -4.71. The number of carboxylic acids is 1. The monoisotopic (exact) mass is 731 g/mol. The predicted octanol–water partition coefficient (Wildman–Crippen LogP) is 4.83. The quantitative estimate of drug-likeness (QED) is 0.186. The Hall–Kier alpha value is -4.97. The first-order chi connectivity index (χ1) is 23.8. The maximum absolute atomic E-state index is 15.0. The number of nitrogens with zero attached hydrogens (tertiary/aromatic N) is 1. The van der Waals surface area contributed by atoms with Crippen molar-refractivity contribution in [1.82, 2.24) is 20.5 Å². The van der Waals surface area contributed by atoms with Gasteiger partial charge in [0.05, 0.1) is 18.6 Å². The van der Waals surface area contributed by atoms with E-state index in [1.54, 1.807) is 6.92 Å². The Labute approximate surface area is 287 Å². The molecule has 1 saturated heterocycles. The number of aromatic amines is 1. The lowest BCUT2D eigenvalue weighted by Gasteiger charge is -2.36. The van der Waals surface area contributed by atoms with E-state index in [2.05, 4.69) is 39.7 Å². The molecule has 1 fully saturated rings. The summed E-state index contributed by atoms with van der Waals surface area (Å²) in [4.78, 5) is 50.8. The van der Waals surface area contributed by atoms with Crippen molar-refractivity contribution in [1.29, 1.82) is 0 Å². The zero-order valence-electron chi connectivity index (χ0n) is 27.6. The Morgan fingerprint density at radius 1 is 1.00 bits per heavy atom. The van der Waals surface area contributed by atoms with Crippen LogP contribution in [-0.4, -0.2) is 83.8 Å². The molecule has 51 heavy (non-hydrogen) atoms. The predicted molar refractivity (Wildman–Crippen MR) is 172 cm³/mol. The van der Waals surface area contributed by atoms with Crippen molar-refractivity contribution < 1.29 is 55.0 Å². The topological polar surface area (TPSA) is 153 Å². The van der Waals surface area contributed by atoms with Gasteiger partial charge in [-0.15, -0.1) is 0 Å². The normalized spacial score (nSPS) is 16.4. The second kappa shape index (κ2) is 17.3. The molecule has 11 nitrogen and oxygen atoms in total. The summed E-state index contributed by atoms with van der Waals surface area (Å²) in [5.41, 5.74) is -1.18. The fraction of sp³-hybridized carbons (Fsp3) is 0.394. The molecule has 1 aromatic heterocycles. The highest BCUT2D eigenvalue weighted by atomic mass is 19.4. The molecule has 18 heteroatoms. The third-order valence-electron chi connectivity index (χ3n) is 7.30. The number of carboxylic acid groups (broad SMARTS) is 1. The summed E-state index contributed by atoms with van der Waals surface area (Å²) in [5, 5.41) is 15.5. The molecule has 0 unspecified atom stereocenters. The molecule has 0 radical (unpaired) electrons. The molecule has 0 spiro atoms. The Morgan fingerprint density at radius 2 is 1.65 bits per heavy atom. The number of halogens is 7. The number of rotatable bonds is 10. The molecule has 0 bridgehead atoms. The SMILES string of the molecule is CCOc1cc(=O)[nH]cc1-c1ccc(CC(=O)Nc2cc(C(=O)NCCN3C[C@@H](C)N[C@@H](C)C3)cc(C(F)(F)F)c2)c(F)c1.O=C(O)C(F)(F)F. The van der Waals surface area contributed by atoms with E-state index in [0.29, 0.717) is 17.7 Å². The smallest absolute Gasteiger partial charge is 0.490 e. The fourth-order valence-corrected chi connectivity index (χ4v) is 5.24. The summed E-state index contributed by atoms with van der Waals surface area (Å²) in [7, 11) is 0. The highest BCUT2D eigenvalue weighted by molar-refractivity contribution is 5.98. The van der Waals surface area contributed by atoms with Crippen LogP contribution in [0.1, 0.15) is 42.3 Å². The molecule has 4 rings (SSSR count). The number of benzene rings is 2. The highest BCUT2D eigenvalue weighted by Crippen LogP contribution is 2.33. The van der Waals surface area contributed by atoms with Gasteiger partial charge in [0.25, 0.3) is 11.5 Å². The summed E-state index contributed by atoms with van der Waals surface area (Å²) < 4.78 is 93.2. The molecule has 0 aliphatic carbocycles. The molecule has 5 N–H and O–H groups in total. The minimum atomic E-state index is -5.08. The van der Waals surface area contributed by atoms with Crippen molar-refractivity contribution in [2.45, 2.75) is 51.6 Å². The van der Waals surface area contributed by atoms with E-state index < -0.39 is 47.9 Å². The van der Waals surface area contributed by atoms with Crippen molar-refractivity contribution in [3.05, 3.63) is 81.5 Å². The summed E-state index contributed by atoms with van der Waals surface area (Å²) in [6.07, 6.45) is -8.94. The van der Waals surface area contributed by atoms with Crippen LogP contribution < -0.4 is 26.2 Å². The number of aliphatic carboxylic acids is 1. The molecule has 0 saturated carbocycles. The van der Waals surface area contributed by atoms with Gasteiger partial charge in [-0.25, -0.2) is 9.18 Å². The molecular weight excluding hydrogens is 695 g/mol. The summed E-state index contributed by atoms with van der Waals surface area (Å²) in [6.45, 7) is 8.45. The number of anilines is 1. The minimum Gasteiger partial charge on any atom is -0.493 e. The van der Waals surface area contributed by atoms with Crippen molar-refractivity contribution in [2.75, 3.05) is 38.1 Å². The summed E-state index contributed by atoms with van der Waals surface area (Å²) in [6, 6.07) is 8.49. The number of amides is 2. The number of carbonyl (C=O) groups is 3. The zero-order chi connectivity index (χ0) is 38.1. The van der Waals surface area contributed by atoms with Crippen LogP contribution in [0.25, 0.3) is 11.1 Å². The fourth-order valence-electron chi connectivity index (χ4n) is 5.24. The van der Waals surface area contributed by atoms with Crippen LogP contribution in [0.5, 0.6) is 5.75 Å². The van der Waals surface area contributed by atoms with Gasteiger partial charge in [0.15, 0.2) is 0 Å². The Morgan fingerprint density at radius 3 is 2.22 bits per heavy atom. The van der Waals surface area contributed by atoms with Crippen LogP contribution >= 0.6 is 0 Å². The first kappa shape index (κ1) is 40.5. The molecule has 2 atom stereocenters. The number of H-pyrrole nitrogens is 1. The lowest BCUT2D eigenvalue weighted by atomic mass is 10.0. The number of piperazine rings is 1. The van der Waals surface area contributed by atoms with Crippen LogP contribution in [0.15, 0.2) is 53.5 Å². The Bertz CT molecular complexity index is 1750. The summed E-state index contributed by atoms with van der Waals surface area (Å²) >= 11 is 0. The Balaban J connectivity index is 0.000000908. The van der Waals surface area contributed by atoms with Gasteiger partial charge in [0.1, 0.15) is 11.6 Å². The van der Waals surface area contributed by atoms with E-state index >= 15 is 4.39 Å². The third kappa shape index (κ3) is 12.4. The zero-order valence-corrected chi connectivity index (χ0v) is 27.6. The average molecular weight is 732 g/mol. The molecule has 3 aromatic rings. The first-order valence-corrected chi connectivity index (χ1v) is 15.5. The van der Waals surface area contributed by atoms with E-state index in [1.165, 1.54) is 30.5 Å². The number of alkyl halides is 6. The highest BCUT2D eigenvalue weighted by Gasteiger charge is 2.38. The van der Waals surface area contributed by atoms with E-state index in [4.69, 9.17) is 14.6 Å². The number of ether oxygens (including phenoxy) is 1. The molecule has 1 aliphatic rings. The lowest BCUT2D eigenvalue weighted by molar-refractivity contribution is -0.192. The largest absolute Gasteiger partial charge is 0.493 e. The molecular formula is C33H36F7N5O6. The third-order valence-corrected chi connectivity index (χ3v) is 7.30. The number of carbonyl (C=O) groups excluding carboxylic acids is 2. The van der Waals surface area contributed by atoms with Gasteiger partial charge in [0, 0.05) is 67.3 Å². The minimum absolute atomic E-state index is 0.00451. The number of hydrogen-bond donors (Lipinski definition) is 5. The molecule has 2 amide bonds. The van der Waals surface area contributed by atoms with Crippen LogP contribution in [0.2, 0.25) is 0 Å². The maximum atomic E-state index is 15.0. The van der Waals surface area contributed by atoms with Gasteiger partial charge >= 0.3 is 18.3 Å². The van der Waals surface area contributed by atoms with E-state index in [-0.39, 0.29) is 53.4 Å². The van der Waals surface area contributed by atoms with Crippen molar-refractivity contribution >= 4 is 23.5 Å². The Kier molecular flexibility index (Phi) is 13.7. The van der Waals surface area contributed by atoms with E-state index in [0.717, 1.165) is 31.3 Å². The number of hydrogen-bond acceptors (Lipinski definition) is 7. The number of nitrogens with one attached hydrogen (secondary N) is 4. The van der Waals surface area contributed by atoms with Crippen molar-refractivity contribution in [3.8, 4) is 16.9 Å². The van der Waals surface area contributed by atoms with Crippen LogP contribution in [0.3, 0.4) is 0 Å². The van der Waals surface area contributed by atoms with Gasteiger partial charge in [-0.1, -0.05) is 12.1 Å². The van der Waals surface area contributed by atoms with E-state index in [1.807, 2.05) is 0 Å². The number of pyridine rings is 1. The molecule has 278 valence electrons. The average Bonchev–Trinajstić information content (AvgIpc) is 3.01. The van der Waals surface area contributed by atoms with Gasteiger partial charge in [-0.05, 0) is 56.2 Å². The molecule has 1 aliphatic heterocycles. The first-order valence-electron chi connectivity index (χ1n) is 15.5. The van der Waals surface area contributed by atoms with Gasteiger partial charge in [-0.2, -0.15) is 26.3 Å². The lowest BCUT2D eigenvalue weighted by Crippen LogP contribution is -2.55. The number of aromatic nitrogens is 1. The van der Waals surface area contributed by atoms with Gasteiger partial charge in [0.2, 0.25) is 5.91 Å². The second-order valence-corrected chi connectivity index (χ2v) is 11.6. The van der Waals surface area contributed by atoms with Crippen molar-refractivity contribution in [3.63, 3.8) is 0 Å². The van der Waals surface area contributed by atoms with Crippen LogP contribution in [0.4, 0.5) is 36.4 Å². The van der Waals surface area contributed by atoms with Crippen LogP contribution in [0, 0.1) is 5.82 Å². The van der Waals surface area contributed by atoms with Crippen molar-refractivity contribution in [2.24, 2.45) is 0 Å². The van der Waals surface area contributed by atoms with Gasteiger partial charge in [-0.3, -0.25) is 19.3 Å². The maximum Gasteiger partial charge on any atom is 0.490 e. The molecule has 2 aromatic carbocycles. The van der Waals surface area contributed by atoms with Gasteiger partial charge < -0.3 is 30.8 Å². The van der Waals surface area contributed by atoms with E-state index in [9.17, 15) is 40.7 Å². The molecule has 2 heterocycles.